The second-order valence-corrected chi connectivity index (χ2v) is 5.54. The van der Waals surface area contributed by atoms with Crippen LogP contribution in [0.2, 0.25) is 0 Å². The molecule has 16 heavy (non-hydrogen) atoms. The zero-order valence-electron chi connectivity index (χ0n) is 11.8. The molecule has 1 N–H and O–H groups in total. The fourth-order valence-electron chi connectivity index (χ4n) is 2.04. The summed E-state index contributed by atoms with van der Waals surface area (Å²) < 4.78 is 0. The van der Waals surface area contributed by atoms with E-state index in [1.807, 2.05) is 0 Å². The molecule has 97 valence electrons. The summed E-state index contributed by atoms with van der Waals surface area (Å²) in [5.41, 5.74) is 0.307. The van der Waals surface area contributed by atoms with Crippen LogP contribution >= 0.6 is 0 Å². The summed E-state index contributed by atoms with van der Waals surface area (Å²) in [7, 11) is 0. The average molecular weight is 226 g/mol. The van der Waals surface area contributed by atoms with Gasteiger partial charge in [0.2, 0.25) is 0 Å². The molecule has 0 bridgehead atoms. The van der Waals surface area contributed by atoms with Gasteiger partial charge < -0.3 is 5.32 Å². The van der Waals surface area contributed by atoms with E-state index in [1.165, 1.54) is 51.4 Å². The standard InChI is InChI=1S/C15H32N/c1-5-7-8-9-10-11-12-13-15(3,4)16-14-6-2/h16H,2,5-14H2,1,3-4H3. The van der Waals surface area contributed by atoms with Crippen molar-refractivity contribution in [2.24, 2.45) is 0 Å². The van der Waals surface area contributed by atoms with Crippen molar-refractivity contribution >= 4 is 0 Å². The van der Waals surface area contributed by atoms with Crippen molar-refractivity contribution in [1.29, 1.82) is 0 Å². The van der Waals surface area contributed by atoms with E-state index in [0.29, 0.717) is 5.54 Å². The lowest BCUT2D eigenvalue weighted by molar-refractivity contribution is 0.350. The van der Waals surface area contributed by atoms with Crippen LogP contribution in [0.3, 0.4) is 0 Å². The van der Waals surface area contributed by atoms with E-state index in [4.69, 9.17) is 0 Å². The van der Waals surface area contributed by atoms with Crippen molar-refractivity contribution < 1.29 is 0 Å². The molecule has 1 heteroatoms. The van der Waals surface area contributed by atoms with Gasteiger partial charge in [0.15, 0.2) is 0 Å². The van der Waals surface area contributed by atoms with Crippen LogP contribution < -0.4 is 5.32 Å². The topological polar surface area (TPSA) is 12.0 Å². The molecule has 0 rings (SSSR count). The molecule has 0 fully saturated rings. The molecular weight excluding hydrogens is 194 g/mol. The number of rotatable bonds is 11. The molecule has 1 radical (unpaired) electrons. The highest BCUT2D eigenvalue weighted by Crippen LogP contribution is 2.15. The van der Waals surface area contributed by atoms with Crippen LogP contribution in [0, 0.1) is 6.92 Å². The molecule has 0 aliphatic heterocycles. The summed E-state index contributed by atoms with van der Waals surface area (Å²) in [4.78, 5) is 0. The molecule has 0 aromatic rings. The highest BCUT2D eigenvalue weighted by molar-refractivity contribution is 4.77. The Kier molecular flexibility index (Phi) is 10.1. The van der Waals surface area contributed by atoms with Gasteiger partial charge in [0.1, 0.15) is 0 Å². The lowest BCUT2D eigenvalue weighted by Gasteiger charge is -2.26. The normalized spacial score (nSPS) is 12.0. The monoisotopic (exact) mass is 226 g/mol. The Morgan fingerprint density at radius 2 is 1.50 bits per heavy atom. The van der Waals surface area contributed by atoms with Crippen molar-refractivity contribution in [3.05, 3.63) is 6.92 Å². The summed E-state index contributed by atoms with van der Waals surface area (Å²) in [6.45, 7) is 11.8. The minimum Gasteiger partial charge on any atom is -0.312 e. The molecule has 0 amide bonds. The van der Waals surface area contributed by atoms with Gasteiger partial charge in [0.25, 0.3) is 0 Å². The molecule has 0 aliphatic carbocycles. The lowest BCUT2D eigenvalue weighted by Crippen LogP contribution is -2.39. The van der Waals surface area contributed by atoms with Crippen LogP contribution in [-0.4, -0.2) is 12.1 Å². The predicted molar refractivity (Wildman–Crippen MR) is 74.7 cm³/mol. The molecule has 0 aromatic heterocycles. The molecule has 0 aliphatic rings. The molecule has 0 unspecified atom stereocenters. The molecule has 0 heterocycles. The van der Waals surface area contributed by atoms with E-state index in [9.17, 15) is 0 Å². The summed E-state index contributed by atoms with van der Waals surface area (Å²) in [5, 5.41) is 3.56. The maximum atomic E-state index is 3.86. The zero-order chi connectivity index (χ0) is 12.3. The van der Waals surface area contributed by atoms with Crippen molar-refractivity contribution in [3.8, 4) is 0 Å². The average Bonchev–Trinajstić information content (AvgIpc) is 2.25. The van der Waals surface area contributed by atoms with Crippen molar-refractivity contribution in [1.82, 2.24) is 5.32 Å². The van der Waals surface area contributed by atoms with Crippen LogP contribution in [0.5, 0.6) is 0 Å². The lowest BCUT2D eigenvalue weighted by atomic mass is 9.96. The maximum Gasteiger partial charge on any atom is 0.0125 e. The molecule has 0 spiro atoms. The predicted octanol–water partition coefficient (Wildman–Crippen LogP) is 4.72. The second-order valence-electron chi connectivity index (χ2n) is 5.54. The van der Waals surface area contributed by atoms with Gasteiger partial charge in [0.05, 0.1) is 0 Å². The third kappa shape index (κ3) is 10.5. The smallest absolute Gasteiger partial charge is 0.0125 e. The molecule has 0 atom stereocenters. The van der Waals surface area contributed by atoms with Crippen molar-refractivity contribution in [2.75, 3.05) is 6.54 Å². The van der Waals surface area contributed by atoms with Gasteiger partial charge in [-0.25, -0.2) is 0 Å². The van der Waals surface area contributed by atoms with E-state index in [0.717, 1.165) is 13.0 Å². The molecule has 0 saturated heterocycles. The first kappa shape index (κ1) is 16.0. The number of nitrogens with one attached hydrogen (secondary N) is 1. The molecule has 0 aromatic carbocycles. The Balaban J connectivity index is 3.29. The maximum absolute atomic E-state index is 3.86. The van der Waals surface area contributed by atoms with Gasteiger partial charge in [-0.2, -0.15) is 0 Å². The van der Waals surface area contributed by atoms with Gasteiger partial charge in [-0.1, -0.05) is 58.8 Å². The Labute approximate surface area is 103 Å². The first-order chi connectivity index (χ1) is 7.62. The fourth-order valence-corrected chi connectivity index (χ4v) is 2.04. The van der Waals surface area contributed by atoms with Crippen molar-refractivity contribution in [2.45, 2.75) is 84.1 Å². The zero-order valence-corrected chi connectivity index (χ0v) is 11.8. The highest BCUT2D eigenvalue weighted by atomic mass is 14.9. The van der Waals surface area contributed by atoms with Gasteiger partial charge >= 0.3 is 0 Å². The SMILES string of the molecule is [CH2]CCNC(C)(C)CCCCCCCCC. The van der Waals surface area contributed by atoms with Crippen LogP contribution in [0.1, 0.15) is 78.6 Å². The second kappa shape index (κ2) is 10.1. The summed E-state index contributed by atoms with van der Waals surface area (Å²) in [5.74, 6) is 0. The van der Waals surface area contributed by atoms with Gasteiger partial charge in [-0.05, 0) is 33.2 Å². The van der Waals surface area contributed by atoms with E-state index in [-0.39, 0.29) is 0 Å². The Bertz CT molecular complexity index is 140. The fraction of sp³-hybridized carbons (Fsp3) is 0.933. The van der Waals surface area contributed by atoms with E-state index in [2.05, 4.69) is 33.0 Å². The van der Waals surface area contributed by atoms with E-state index >= 15 is 0 Å². The largest absolute Gasteiger partial charge is 0.312 e. The van der Waals surface area contributed by atoms with Gasteiger partial charge in [-0.3, -0.25) is 0 Å². The number of hydrogen-bond acceptors (Lipinski definition) is 1. The minimum atomic E-state index is 0.307. The number of unbranched alkanes of at least 4 members (excludes halogenated alkanes) is 6. The first-order valence-electron chi connectivity index (χ1n) is 7.16. The summed E-state index contributed by atoms with van der Waals surface area (Å²) in [6.07, 6.45) is 12.1. The Morgan fingerprint density at radius 1 is 0.938 bits per heavy atom. The Morgan fingerprint density at radius 3 is 2.06 bits per heavy atom. The third-order valence-corrected chi connectivity index (χ3v) is 3.19. The van der Waals surface area contributed by atoms with E-state index < -0.39 is 0 Å². The van der Waals surface area contributed by atoms with Crippen LogP contribution in [-0.2, 0) is 0 Å². The quantitative estimate of drug-likeness (QED) is 0.503. The molecule has 0 saturated carbocycles. The summed E-state index contributed by atoms with van der Waals surface area (Å²) >= 11 is 0. The Hall–Kier alpha value is -0.0400. The summed E-state index contributed by atoms with van der Waals surface area (Å²) in [6, 6.07) is 0. The van der Waals surface area contributed by atoms with E-state index in [1.54, 1.807) is 0 Å². The number of hydrogen-bond donors (Lipinski definition) is 1. The van der Waals surface area contributed by atoms with Gasteiger partial charge in [0, 0.05) is 5.54 Å². The highest BCUT2D eigenvalue weighted by Gasteiger charge is 2.14. The minimum absolute atomic E-state index is 0.307. The molecular formula is C15H32N. The van der Waals surface area contributed by atoms with Crippen LogP contribution in [0.15, 0.2) is 0 Å². The van der Waals surface area contributed by atoms with Crippen molar-refractivity contribution in [3.63, 3.8) is 0 Å². The first-order valence-corrected chi connectivity index (χ1v) is 7.16. The molecule has 1 nitrogen and oxygen atoms in total. The third-order valence-electron chi connectivity index (χ3n) is 3.19. The van der Waals surface area contributed by atoms with Gasteiger partial charge in [-0.15, -0.1) is 0 Å². The van der Waals surface area contributed by atoms with Crippen LogP contribution in [0.4, 0.5) is 0 Å². The van der Waals surface area contributed by atoms with Crippen LogP contribution in [0.25, 0.3) is 0 Å².